The molecule has 41 heavy (non-hydrogen) atoms. The van der Waals surface area contributed by atoms with Crippen molar-refractivity contribution in [2.45, 2.75) is 84.3 Å². The van der Waals surface area contributed by atoms with E-state index in [2.05, 4.69) is 19.7 Å². The van der Waals surface area contributed by atoms with E-state index in [0.29, 0.717) is 24.0 Å². The molecule has 0 unspecified atom stereocenters. The number of β-lactam (4-membered cyclic amide) rings is 1. The molecule has 3 aliphatic rings. The minimum absolute atomic E-state index is 0.0230. The first-order valence-electron chi connectivity index (χ1n) is 14.0. The number of carbonyl (C=O) groups is 4. The summed E-state index contributed by atoms with van der Waals surface area (Å²) in [4.78, 5) is 55.3. The van der Waals surface area contributed by atoms with Crippen molar-refractivity contribution in [2.24, 2.45) is 11.3 Å². The molecule has 3 rings (SSSR count). The summed E-state index contributed by atoms with van der Waals surface area (Å²) >= 11 is 0. The lowest BCUT2D eigenvalue weighted by atomic mass is 9.63. The smallest absolute Gasteiger partial charge is 0.410 e. The van der Waals surface area contributed by atoms with Gasteiger partial charge < -0.3 is 28.8 Å². The van der Waals surface area contributed by atoms with Crippen LogP contribution in [0.1, 0.15) is 47.5 Å². The Hall–Kier alpha value is -3.12. The van der Waals surface area contributed by atoms with Crippen molar-refractivity contribution in [3.63, 3.8) is 0 Å². The first-order valence-corrected chi connectivity index (χ1v) is 16.8. The van der Waals surface area contributed by atoms with Gasteiger partial charge in [0.25, 0.3) is 0 Å². The number of allylic oxidation sites excluding steroid dienone is 1. The zero-order valence-electron chi connectivity index (χ0n) is 25.7. The summed E-state index contributed by atoms with van der Waals surface area (Å²) in [5, 5.41) is 10.2. The number of nitrogens with zero attached hydrogens (tertiary/aromatic N) is 3. The molecule has 2 saturated heterocycles. The highest BCUT2D eigenvalue weighted by atomic mass is 28.3. The molecule has 228 valence electrons. The highest BCUT2D eigenvalue weighted by Crippen LogP contribution is 2.54. The summed E-state index contributed by atoms with van der Waals surface area (Å²) in [5.74, 6) is -1.90. The molecule has 12 heteroatoms. The van der Waals surface area contributed by atoms with Gasteiger partial charge in [-0.25, -0.2) is 14.4 Å². The van der Waals surface area contributed by atoms with E-state index in [-0.39, 0.29) is 36.2 Å². The predicted octanol–water partition coefficient (Wildman–Crippen LogP) is 3.77. The Balaban J connectivity index is 1.94. The summed E-state index contributed by atoms with van der Waals surface area (Å²) in [6.45, 7) is 17.8. The molecular weight excluding hydrogens is 546 g/mol. The third-order valence-electron chi connectivity index (χ3n) is 8.34. The molecule has 2 fully saturated rings. The molecule has 1 N–H and O–H groups in total. The molecule has 3 aliphatic heterocycles. The second-order valence-electron chi connectivity index (χ2n) is 12.7. The van der Waals surface area contributed by atoms with Crippen LogP contribution in [0.5, 0.6) is 0 Å². The fourth-order valence-electron chi connectivity index (χ4n) is 6.00. The van der Waals surface area contributed by atoms with Crippen LogP contribution in [0.4, 0.5) is 9.59 Å². The lowest BCUT2D eigenvalue weighted by Gasteiger charge is -2.57. The Labute approximate surface area is 244 Å². The van der Waals surface area contributed by atoms with Gasteiger partial charge in [0.15, 0.2) is 9.04 Å². The molecule has 0 radical (unpaired) electrons. The van der Waals surface area contributed by atoms with Crippen LogP contribution in [0.15, 0.2) is 35.6 Å². The minimum Gasteiger partial charge on any atom is -0.477 e. The summed E-state index contributed by atoms with van der Waals surface area (Å²) in [6.07, 6.45) is 2.28. The Morgan fingerprint density at radius 3 is 2.34 bits per heavy atom. The summed E-state index contributed by atoms with van der Waals surface area (Å²) < 4.78 is 17.3. The number of likely N-dealkylation sites (tertiary alicyclic amines) is 1. The van der Waals surface area contributed by atoms with E-state index in [0.717, 1.165) is 0 Å². The van der Waals surface area contributed by atoms with Crippen molar-refractivity contribution in [3.8, 4) is 0 Å². The number of carboxylic acids is 1. The quantitative estimate of drug-likeness (QED) is 0.244. The summed E-state index contributed by atoms with van der Waals surface area (Å²) in [6, 6.07) is -0.848. The second kappa shape index (κ2) is 12.0. The van der Waals surface area contributed by atoms with Crippen LogP contribution in [0, 0.1) is 11.3 Å². The lowest BCUT2D eigenvalue weighted by molar-refractivity contribution is -0.180. The van der Waals surface area contributed by atoms with Crippen LogP contribution in [-0.4, -0.2) is 104 Å². The first kappa shape index (κ1) is 32.4. The van der Waals surface area contributed by atoms with Gasteiger partial charge in [0.2, 0.25) is 5.91 Å². The van der Waals surface area contributed by atoms with Gasteiger partial charge >= 0.3 is 18.2 Å². The SMILES string of the molecule is C=CCOC(=O)N1C[C@H](OC(=O)N(C)C)C[C@H]1/C=C(\C)C1=C(C(=O)O)N2C(=O)[C@H]([C@@](C)(O[SiH](C)C)C(C)(C)C)[C@H]2C1. The number of ether oxygens (including phenoxy) is 2. The van der Waals surface area contributed by atoms with Gasteiger partial charge in [-0.2, -0.15) is 0 Å². The number of fused-ring (bicyclic) bond motifs is 1. The van der Waals surface area contributed by atoms with E-state index >= 15 is 0 Å². The first-order chi connectivity index (χ1) is 18.9. The number of amides is 3. The Kier molecular flexibility index (Phi) is 9.49. The fraction of sp³-hybridized carbons (Fsp3) is 0.655. The van der Waals surface area contributed by atoms with Gasteiger partial charge in [-0.1, -0.05) is 39.5 Å². The third-order valence-corrected chi connectivity index (χ3v) is 9.30. The van der Waals surface area contributed by atoms with Gasteiger partial charge in [0.05, 0.1) is 30.1 Å². The van der Waals surface area contributed by atoms with Crippen LogP contribution in [0.3, 0.4) is 0 Å². The fourth-order valence-corrected chi connectivity index (χ4v) is 7.48. The molecule has 0 saturated carbocycles. The zero-order chi connectivity index (χ0) is 31.0. The number of carbonyl (C=O) groups excluding carboxylic acids is 3. The number of aliphatic carboxylic acids is 1. The van der Waals surface area contributed by atoms with E-state index in [1.807, 2.05) is 33.8 Å². The molecule has 0 aromatic carbocycles. The normalized spacial score (nSPS) is 26.0. The Bertz CT molecular complexity index is 1160. The maximum Gasteiger partial charge on any atom is 0.410 e. The van der Waals surface area contributed by atoms with Crippen molar-refractivity contribution < 1.29 is 38.2 Å². The van der Waals surface area contributed by atoms with Gasteiger partial charge in [-0.05, 0) is 49.9 Å². The molecular formula is C29H45N3O8Si. The van der Waals surface area contributed by atoms with Gasteiger partial charge in [-0.3, -0.25) is 9.69 Å². The standard InChI is InChI=1S/C29H45N3O8Si/c1-11-12-38-27(37)31-16-19(39-26(36)30(7)8)14-18(31)13-17(2)20-15-21-22(24(33)32(21)23(20)25(34)35)29(6,28(3,4)5)40-41(9)10/h11,13,18-19,21-22,41H,1,12,14-16H2,2-10H3,(H,34,35)/b17-13+/t18-,19-,21-,22-,29-/m1/s1. The van der Waals surface area contributed by atoms with Gasteiger partial charge in [0.1, 0.15) is 18.4 Å². The van der Waals surface area contributed by atoms with Gasteiger partial charge in [-0.15, -0.1) is 0 Å². The molecule has 0 bridgehead atoms. The predicted molar refractivity (Wildman–Crippen MR) is 156 cm³/mol. The average molecular weight is 592 g/mol. The monoisotopic (exact) mass is 591 g/mol. The maximum absolute atomic E-state index is 13.6. The van der Waals surface area contributed by atoms with Crippen LogP contribution >= 0.6 is 0 Å². The molecule has 5 atom stereocenters. The average Bonchev–Trinajstić information content (AvgIpc) is 3.40. The van der Waals surface area contributed by atoms with Crippen LogP contribution in [0.2, 0.25) is 13.1 Å². The Morgan fingerprint density at radius 2 is 1.83 bits per heavy atom. The van der Waals surface area contributed by atoms with Gasteiger partial charge in [0, 0.05) is 20.5 Å². The van der Waals surface area contributed by atoms with E-state index < -0.39 is 50.9 Å². The molecule has 0 spiro atoms. The van der Waals surface area contributed by atoms with E-state index in [9.17, 15) is 24.3 Å². The maximum atomic E-state index is 13.6. The van der Waals surface area contributed by atoms with Crippen LogP contribution in [0.25, 0.3) is 0 Å². The number of carboxylic acid groups (broad SMARTS) is 1. The lowest BCUT2D eigenvalue weighted by Crippen LogP contribution is -2.70. The third kappa shape index (κ3) is 6.23. The van der Waals surface area contributed by atoms with Crippen molar-refractivity contribution in [2.75, 3.05) is 27.2 Å². The molecule has 0 aromatic rings. The topological polar surface area (TPSA) is 126 Å². The van der Waals surface area contributed by atoms with Crippen LogP contribution in [-0.2, 0) is 23.5 Å². The van der Waals surface area contributed by atoms with Crippen molar-refractivity contribution in [1.29, 1.82) is 0 Å². The van der Waals surface area contributed by atoms with Crippen molar-refractivity contribution in [1.82, 2.24) is 14.7 Å². The number of hydrogen-bond donors (Lipinski definition) is 1. The summed E-state index contributed by atoms with van der Waals surface area (Å²) in [7, 11) is 1.61. The molecule has 3 amide bonds. The highest BCUT2D eigenvalue weighted by molar-refractivity contribution is 6.48. The van der Waals surface area contributed by atoms with Crippen molar-refractivity contribution >= 4 is 33.1 Å². The van der Waals surface area contributed by atoms with Crippen molar-refractivity contribution in [3.05, 3.63) is 35.6 Å². The number of rotatable bonds is 9. The van der Waals surface area contributed by atoms with Crippen LogP contribution < -0.4 is 0 Å². The summed E-state index contributed by atoms with van der Waals surface area (Å²) in [5.41, 5.74) is 0.0411. The molecule has 11 nitrogen and oxygen atoms in total. The second-order valence-corrected chi connectivity index (χ2v) is 15.0. The minimum atomic E-state index is -1.54. The number of hydrogen-bond acceptors (Lipinski definition) is 7. The van der Waals surface area contributed by atoms with E-state index in [1.54, 1.807) is 21.0 Å². The molecule has 3 heterocycles. The Morgan fingerprint density at radius 1 is 1.20 bits per heavy atom. The largest absolute Gasteiger partial charge is 0.477 e. The van der Waals surface area contributed by atoms with E-state index in [4.69, 9.17) is 13.9 Å². The highest BCUT2D eigenvalue weighted by Gasteiger charge is 2.64. The zero-order valence-corrected chi connectivity index (χ0v) is 26.9. The molecule has 0 aromatic heterocycles. The van der Waals surface area contributed by atoms with E-state index in [1.165, 1.54) is 20.8 Å². The molecule has 0 aliphatic carbocycles.